The first-order chi connectivity index (χ1) is 17.0. The summed E-state index contributed by atoms with van der Waals surface area (Å²) in [5, 5.41) is 5.05. The van der Waals surface area contributed by atoms with Crippen molar-refractivity contribution in [1.29, 1.82) is 0 Å². The van der Waals surface area contributed by atoms with Crippen LogP contribution in [0.25, 0.3) is 0 Å². The zero-order valence-electron chi connectivity index (χ0n) is 18.9. The lowest BCUT2D eigenvalue weighted by Gasteiger charge is -2.15. The SMILES string of the molecule is O=C(Nc1cccc(C(=O)Nc2cccc(C(F)(F)F)c2)c1)c1ccc(S(=O)(=O)N2CCCC2)cc1. The topological polar surface area (TPSA) is 95.6 Å². The molecule has 0 saturated carbocycles. The summed E-state index contributed by atoms with van der Waals surface area (Å²) in [7, 11) is -3.60. The number of anilines is 2. The van der Waals surface area contributed by atoms with Gasteiger partial charge in [0, 0.05) is 35.6 Å². The number of hydrogen-bond acceptors (Lipinski definition) is 4. The Kier molecular flexibility index (Phi) is 7.14. The minimum absolute atomic E-state index is 0.0202. The number of carbonyl (C=O) groups excluding carboxylic acids is 2. The Balaban J connectivity index is 1.43. The van der Waals surface area contributed by atoms with E-state index < -0.39 is 33.6 Å². The quantitative estimate of drug-likeness (QED) is 0.481. The molecule has 0 radical (unpaired) electrons. The molecule has 188 valence electrons. The molecule has 4 rings (SSSR count). The number of hydrogen-bond donors (Lipinski definition) is 2. The van der Waals surface area contributed by atoms with E-state index in [-0.39, 0.29) is 27.4 Å². The van der Waals surface area contributed by atoms with Gasteiger partial charge in [-0.15, -0.1) is 0 Å². The molecule has 1 fully saturated rings. The summed E-state index contributed by atoms with van der Waals surface area (Å²) in [6.45, 7) is 0.949. The van der Waals surface area contributed by atoms with E-state index in [1.165, 1.54) is 58.9 Å². The molecule has 0 spiro atoms. The smallest absolute Gasteiger partial charge is 0.322 e. The van der Waals surface area contributed by atoms with Crippen LogP contribution in [0.4, 0.5) is 24.5 Å². The highest BCUT2D eigenvalue weighted by molar-refractivity contribution is 7.89. The first-order valence-electron chi connectivity index (χ1n) is 11.0. The van der Waals surface area contributed by atoms with Crippen LogP contribution in [0.5, 0.6) is 0 Å². The Hall–Kier alpha value is -3.70. The van der Waals surface area contributed by atoms with Gasteiger partial charge in [0.25, 0.3) is 11.8 Å². The molecule has 11 heteroatoms. The molecular formula is C25H22F3N3O4S. The van der Waals surface area contributed by atoms with Crippen molar-refractivity contribution in [1.82, 2.24) is 4.31 Å². The standard InChI is InChI=1S/C25H22F3N3O4S/c26-25(27,28)19-6-4-8-21(16-19)30-24(33)18-5-3-7-20(15-18)29-23(32)17-9-11-22(12-10-17)36(34,35)31-13-1-2-14-31/h3-12,15-16H,1-2,13-14H2,(H,29,32)(H,30,33). The zero-order chi connectivity index (χ0) is 25.9. The highest BCUT2D eigenvalue weighted by Crippen LogP contribution is 2.31. The fourth-order valence-electron chi connectivity index (χ4n) is 3.77. The van der Waals surface area contributed by atoms with E-state index in [0.29, 0.717) is 13.1 Å². The summed E-state index contributed by atoms with van der Waals surface area (Å²) >= 11 is 0. The second-order valence-corrected chi connectivity index (χ2v) is 10.1. The maximum absolute atomic E-state index is 12.9. The first-order valence-corrected chi connectivity index (χ1v) is 12.5. The molecule has 2 amide bonds. The second-order valence-electron chi connectivity index (χ2n) is 8.20. The molecule has 36 heavy (non-hydrogen) atoms. The number of halogens is 3. The summed E-state index contributed by atoms with van der Waals surface area (Å²) < 4.78 is 65.4. The number of carbonyl (C=O) groups is 2. The van der Waals surface area contributed by atoms with E-state index in [1.807, 2.05) is 0 Å². The van der Waals surface area contributed by atoms with Crippen molar-refractivity contribution < 1.29 is 31.2 Å². The fraction of sp³-hybridized carbons (Fsp3) is 0.200. The lowest BCUT2D eigenvalue weighted by molar-refractivity contribution is -0.137. The molecule has 1 heterocycles. The molecule has 3 aromatic carbocycles. The van der Waals surface area contributed by atoms with E-state index in [1.54, 1.807) is 6.07 Å². The van der Waals surface area contributed by atoms with E-state index in [0.717, 1.165) is 25.0 Å². The normalized spacial score (nSPS) is 14.4. The highest BCUT2D eigenvalue weighted by Gasteiger charge is 2.30. The maximum Gasteiger partial charge on any atom is 0.416 e. The molecular weight excluding hydrogens is 495 g/mol. The highest BCUT2D eigenvalue weighted by atomic mass is 32.2. The maximum atomic E-state index is 12.9. The van der Waals surface area contributed by atoms with Gasteiger partial charge in [0.15, 0.2) is 0 Å². The van der Waals surface area contributed by atoms with Crippen molar-refractivity contribution in [2.45, 2.75) is 23.9 Å². The van der Waals surface area contributed by atoms with Gasteiger partial charge in [-0.1, -0.05) is 12.1 Å². The number of nitrogens with one attached hydrogen (secondary N) is 2. The van der Waals surface area contributed by atoms with Crippen molar-refractivity contribution in [3.63, 3.8) is 0 Å². The number of sulfonamides is 1. The summed E-state index contributed by atoms with van der Waals surface area (Å²) in [5.74, 6) is -1.17. The Morgan fingerprint density at radius 3 is 1.92 bits per heavy atom. The Morgan fingerprint density at radius 2 is 1.31 bits per heavy atom. The summed E-state index contributed by atoms with van der Waals surface area (Å²) in [5.41, 5.74) is -0.286. The van der Waals surface area contributed by atoms with Crippen LogP contribution in [-0.4, -0.2) is 37.6 Å². The zero-order valence-corrected chi connectivity index (χ0v) is 19.7. The van der Waals surface area contributed by atoms with Crippen LogP contribution in [0.3, 0.4) is 0 Å². The van der Waals surface area contributed by atoms with Gasteiger partial charge in [-0.2, -0.15) is 17.5 Å². The van der Waals surface area contributed by atoms with Crippen molar-refractivity contribution in [3.8, 4) is 0 Å². The minimum atomic E-state index is -4.54. The Labute approximate surface area is 206 Å². The van der Waals surface area contributed by atoms with Gasteiger partial charge in [0.1, 0.15) is 0 Å². The first kappa shape index (κ1) is 25.4. The molecule has 2 N–H and O–H groups in total. The van der Waals surface area contributed by atoms with Gasteiger partial charge in [-0.25, -0.2) is 8.42 Å². The monoisotopic (exact) mass is 517 g/mol. The van der Waals surface area contributed by atoms with Crippen LogP contribution >= 0.6 is 0 Å². The third-order valence-electron chi connectivity index (χ3n) is 5.65. The summed E-state index contributed by atoms with van der Waals surface area (Å²) in [6.07, 6.45) is -2.91. The Bertz CT molecular complexity index is 1380. The molecule has 0 atom stereocenters. The number of alkyl halides is 3. The number of rotatable bonds is 6. The van der Waals surface area contributed by atoms with E-state index in [4.69, 9.17) is 0 Å². The molecule has 1 saturated heterocycles. The van der Waals surface area contributed by atoms with Crippen LogP contribution in [0.2, 0.25) is 0 Å². The predicted octanol–water partition coefficient (Wildman–Crippen LogP) is 4.99. The van der Waals surface area contributed by atoms with Crippen molar-refractivity contribution in [3.05, 3.63) is 89.5 Å². The number of benzene rings is 3. The average molecular weight is 518 g/mol. The van der Waals surface area contributed by atoms with Gasteiger partial charge < -0.3 is 10.6 Å². The van der Waals surface area contributed by atoms with Gasteiger partial charge in [0.05, 0.1) is 10.5 Å². The van der Waals surface area contributed by atoms with E-state index in [9.17, 15) is 31.2 Å². The summed E-state index contributed by atoms with van der Waals surface area (Å²) in [4.78, 5) is 25.3. The molecule has 7 nitrogen and oxygen atoms in total. The van der Waals surface area contributed by atoms with Crippen LogP contribution < -0.4 is 10.6 Å². The van der Waals surface area contributed by atoms with Crippen molar-refractivity contribution >= 4 is 33.2 Å². The molecule has 1 aliphatic rings. The lowest BCUT2D eigenvalue weighted by atomic mass is 10.1. The van der Waals surface area contributed by atoms with Gasteiger partial charge in [0.2, 0.25) is 10.0 Å². The molecule has 0 aliphatic carbocycles. The predicted molar refractivity (Wildman–Crippen MR) is 128 cm³/mol. The van der Waals surface area contributed by atoms with E-state index >= 15 is 0 Å². The van der Waals surface area contributed by atoms with Crippen LogP contribution in [0, 0.1) is 0 Å². The second kappa shape index (κ2) is 10.1. The summed E-state index contributed by atoms with van der Waals surface area (Å²) in [6, 6.07) is 15.7. The lowest BCUT2D eigenvalue weighted by Crippen LogP contribution is -2.27. The molecule has 0 aromatic heterocycles. The molecule has 0 unspecified atom stereocenters. The average Bonchev–Trinajstić information content (AvgIpc) is 3.40. The van der Waals surface area contributed by atoms with Crippen molar-refractivity contribution in [2.75, 3.05) is 23.7 Å². The minimum Gasteiger partial charge on any atom is -0.322 e. The molecule has 0 bridgehead atoms. The fourth-order valence-corrected chi connectivity index (χ4v) is 5.29. The van der Waals surface area contributed by atoms with Crippen molar-refractivity contribution in [2.24, 2.45) is 0 Å². The number of nitrogens with zero attached hydrogens (tertiary/aromatic N) is 1. The van der Waals surface area contributed by atoms with Crippen LogP contribution in [-0.2, 0) is 16.2 Å². The molecule has 1 aliphatic heterocycles. The van der Waals surface area contributed by atoms with Crippen LogP contribution in [0.15, 0.2) is 77.7 Å². The van der Waals surface area contributed by atoms with Gasteiger partial charge in [-0.05, 0) is 73.5 Å². The van der Waals surface area contributed by atoms with Gasteiger partial charge in [-0.3, -0.25) is 9.59 Å². The third kappa shape index (κ3) is 5.74. The number of amides is 2. The van der Waals surface area contributed by atoms with E-state index in [2.05, 4.69) is 10.6 Å². The third-order valence-corrected chi connectivity index (χ3v) is 7.56. The van der Waals surface area contributed by atoms with Gasteiger partial charge >= 0.3 is 6.18 Å². The Morgan fingerprint density at radius 1 is 0.750 bits per heavy atom. The molecule has 3 aromatic rings. The largest absolute Gasteiger partial charge is 0.416 e. The van der Waals surface area contributed by atoms with Crippen LogP contribution in [0.1, 0.15) is 39.1 Å².